The minimum absolute atomic E-state index is 0.0916. The second kappa shape index (κ2) is 8.15. The van der Waals surface area contributed by atoms with Crippen LogP contribution < -0.4 is 5.32 Å². The van der Waals surface area contributed by atoms with E-state index in [0.29, 0.717) is 31.6 Å². The molecule has 1 aliphatic carbocycles. The largest absolute Gasteiger partial charge is 0.481 e. The van der Waals surface area contributed by atoms with Crippen LogP contribution in [0.25, 0.3) is 0 Å². The van der Waals surface area contributed by atoms with E-state index in [2.05, 4.69) is 5.32 Å². The molecule has 2 rings (SSSR count). The molecule has 6 heteroatoms. The zero-order valence-corrected chi connectivity index (χ0v) is 13.7. The lowest BCUT2D eigenvalue weighted by Gasteiger charge is -2.27. The summed E-state index contributed by atoms with van der Waals surface area (Å²) in [7, 11) is 1.62. The number of hydrogen-bond acceptors (Lipinski definition) is 4. The van der Waals surface area contributed by atoms with Crippen LogP contribution in [0.5, 0.6) is 0 Å². The van der Waals surface area contributed by atoms with Crippen molar-refractivity contribution in [3.8, 4) is 0 Å². The molecule has 0 bridgehead atoms. The van der Waals surface area contributed by atoms with Crippen LogP contribution >= 0.6 is 0 Å². The van der Waals surface area contributed by atoms with E-state index < -0.39 is 11.9 Å². The third kappa shape index (κ3) is 4.82. The number of carboxylic acid groups (broad SMARTS) is 1. The highest BCUT2D eigenvalue weighted by molar-refractivity contribution is 5.80. The van der Waals surface area contributed by atoms with Crippen LogP contribution in [-0.2, 0) is 14.3 Å². The number of carbonyl (C=O) groups is 2. The second-order valence-corrected chi connectivity index (χ2v) is 6.19. The number of nitrogens with one attached hydrogen (secondary N) is 1. The number of hydrogen-bond donors (Lipinski definition) is 2. The summed E-state index contributed by atoms with van der Waals surface area (Å²) in [6, 6.07) is 3.47. The smallest absolute Gasteiger partial charge is 0.306 e. The van der Waals surface area contributed by atoms with Crippen molar-refractivity contribution in [2.24, 2.45) is 11.8 Å². The molecule has 128 valence electrons. The Morgan fingerprint density at radius 1 is 1.39 bits per heavy atom. The molecule has 1 fully saturated rings. The maximum Gasteiger partial charge on any atom is 0.306 e. The third-order valence-electron chi connectivity index (χ3n) is 4.43. The molecule has 1 aromatic heterocycles. The van der Waals surface area contributed by atoms with Crippen molar-refractivity contribution in [3.63, 3.8) is 0 Å². The molecule has 2 N–H and O–H groups in total. The summed E-state index contributed by atoms with van der Waals surface area (Å²) in [5.41, 5.74) is 0. The van der Waals surface area contributed by atoms with E-state index in [-0.39, 0.29) is 17.9 Å². The van der Waals surface area contributed by atoms with E-state index in [4.69, 9.17) is 14.3 Å². The van der Waals surface area contributed by atoms with Crippen molar-refractivity contribution >= 4 is 11.9 Å². The summed E-state index contributed by atoms with van der Waals surface area (Å²) in [6.45, 7) is 2.37. The third-order valence-corrected chi connectivity index (χ3v) is 4.43. The zero-order chi connectivity index (χ0) is 16.8. The van der Waals surface area contributed by atoms with Crippen molar-refractivity contribution in [3.05, 3.63) is 23.7 Å². The van der Waals surface area contributed by atoms with Gasteiger partial charge in [0, 0.05) is 19.6 Å². The molecule has 1 saturated carbocycles. The fourth-order valence-electron chi connectivity index (χ4n) is 3.10. The lowest BCUT2D eigenvalue weighted by Crippen LogP contribution is -2.37. The summed E-state index contributed by atoms with van der Waals surface area (Å²) >= 11 is 0. The molecule has 1 amide bonds. The van der Waals surface area contributed by atoms with Crippen molar-refractivity contribution in [2.45, 2.75) is 45.1 Å². The predicted octanol–water partition coefficient (Wildman–Crippen LogP) is 2.67. The highest BCUT2D eigenvalue weighted by Crippen LogP contribution is 2.30. The molecule has 0 radical (unpaired) electrons. The number of ether oxygens (including phenoxy) is 1. The predicted molar refractivity (Wildman–Crippen MR) is 83.9 cm³/mol. The fourth-order valence-corrected chi connectivity index (χ4v) is 3.10. The standard InChI is InChI=1S/C17H25NO5/c1-11-6-7-15(23-11)14(8-9-22-2)18-16(19)12-4-3-5-13(10-12)17(20)21/h6-7,12-14H,3-5,8-10H2,1-2H3,(H,18,19)(H,20,21). The van der Waals surface area contributed by atoms with Gasteiger partial charge >= 0.3 is 5.97 Å². The first kappa shape index (κ1) is 17.5. The van der Waals surface area contributed by atoms with Crippen LogP contribution in [0, 0.1) is 18.8 Å². The Labute approximate surface area is 136 Å². The summed E-state index contributed by atoms with van der Waals surface area (Å²) < 4.78 is 10.7. The number of rotatable bonds is 7. The van der Waals surface area contributed by atoms with Gasteiger partial charge in [0.1, 0.15) is 11.5 Å². The van der Waals surface area contributed by atoms with Crippen molar-refractivity contribution in [1.29, 1.82) is 0 Å². The highest BCUT2D eigenvalue weighted by atomic mass is 16.5. The summed E-state index contributed by atoms with van der Waals surface area (Å²) in [5, 5.41) is 12.2. The minimum Gasteiger partial charge on any atom is -0.481 e. The van der Waals surface area contributed by atoms with Crippen molar-refractivity contribution in [1.82, 2.24) is 5.32 Å². The molecule has 1 heterocycles. The average Bonchev–Trinajstić information content (AvgIpc) is 2.97. The number of carbonyl (C=O) groups excluding carboxylic acids is 1. The molecule has 1 aromatic rings. The van der Waals surface area contributed by atoms with Gasteiger partial charge in [0.05, 0.1) is 12.0 Å². The lowest BCUT2D eigenvalue weighted by atomic mass is 9.81. The van der Waals surface area contributed by atoms with Crippen LogP contribution in [-0.4, -0.2) is 30.7 Å². The zero-order valence-electron chi connectivity index (χ0n) is 13.7. The van der Waals surface area contributed by atoms with Gasteiger partial charge in [0.2, 0.25) is 5.91 Å². The number of amides is 1. The molecule has 0 aliphatic heterocycles. The van der Waals surface area contributed by atoms with E-state index in [1.165, 1.54) is 0 Å². The molecular formula is C17H25NO5. The van der Waals surface area contributed by atoms with Crippen LogP contribution in [0.15, 0.2) is 16.5 Å². The van der Waals surface area contributed by atoms with Gasteiger partial charge in [-0.1, -0.05) is 6.42 Å². The van der Waals surface area contributed by atoms with Crippen molar-refractivity contribution < 1.29 is 23.8 Å². The Morgan fingerprint density at radius 2 is 2.13 bits per heavy atom. The molecule has 0 saturated heterocycles. The van der Waals surface area contributed by atoms with Gasteiger partial charge in [-0.3, -0.25) is 9.59 Å². The maximum atomic E-state index is 12.5. The topological polar surface area (TPSA) is 88.8 Å². The van der Waals surface area contributed by atoms with Gasteiger partial charge in [0.15, 0.2) is 0 Å². The Balaban J connectivity index is 2.00. The van der Waals surface area contributed by atoms with Gasteiger partial charge in [-0.05, 0) is 44.7 Å². The van der Waals surface area contributed by atoms with Crippen LogP contribution in [0.4, 0.5) is 0 Å². The maximum absolute atomic E-state index is 12.5. The molecule has 1 aliphatic rings. The van der Waals surface area contributed by atoms with Crippen molar-refractivity contribution in [2.75, 3.05) is 13.7 Å². The summed E-state index contributed by atoms with van der Waals surface area (Å²) in [4.78, 5) is 23.7. The van der Waals surface area contributed by atoms with Gasteiger partial charge in [-0.2, -0.15) is 0 Å². The SMILES string of the molecule is COCCC(NC(=O)C1CCCC(C(=O)O)C1)c1ccc(C)o1. The Hall–Kier alpha value is -1.82. The summed E-state index contributed by atoms with van der Waals surface area (Å²) in [5.74, 6) is -0.0568. The average molecular weight is 323 g/mol. The number of aryl methyl sites for hydroxylation is 1. The first-order chi connectivity index (χ1) is 11.0. The summed E-state index contributed by atoms with van der Waals surface area (Å²) in [6.07, 6.45) is 3.20. The first-order valence-electron chi connectivity index (χ1n) is 8.09. The number of furan rings is 1. The van der Waals surface area contributed by atoms with Gasteiger partial charge < -0.3 is 19.6 Å². The lowest BCUT2D eigenvalue weighted by molar-refractivity contribution is -0.144. The molecule has 3 atom stereocenters. The second-order valence-electron chi connectivity index (χ2n) is 6.19. The number of carboxylic acids is 1. The molecule has 23 heavy (non-hydrogen) atoms. The van der Waals surface area contributed by atoms with Crippen LogP contribution in [0.2, 0.25) is 0 Å². The minimum atomic E-state index is -0.805. The van der Waals surface area contributed by atoms with Gasteiger partial charge in [-0.15, -0.1) is 0 Å². The highest BCUT2D eigenvalue weighted by Gasteiger charge is 2.32. The molecular weight excluding hydrogens is 298 g/mol. The van der Waals surface area contributed by atoms with E-state index in [0.717, 1.165) is 18.6 Å². The first-order valence-corrected chi connectivity index (χ1v) is 8.09. The number of methoxy groups -OCH3 is 1. The number of aliphatic carboxylic acids is 1. The molecule has 0 aromatic carbocycles. The Morgan fingerprint density at radius 3 is 2.74 bits per heavy atom. The molecule has 0 spiro atoms. The molecule has 6 nitrogen and oxygen atoms in total. The van der Waals surface area contributed by atoms with E-state index >= 15 is 0 Å². The Bertz CT molecular complexity index is 539. The van der Waals surface area contributed by atoms with E-state index in [1.54, 1.807) is 7.11 Å². The monoisotopic (exact) mass is 323 g/mol. The normalized spacial score (nSPS) is 22.5. The van der Waals surface area contributed by atoms with Gasteiger partial charge in [-0.25, -0.2) is 0 Å². The molecule has 3 unspecified atom stereocenters. The van der Waals surface area contributed by atoms with E-state index in [1.807, 2.05) is 19.1 Å². The fraction of sp³-hybridized carbons (Fsp3) is 0.647. The Kier molecular flexibility index (Phi) is 6.21. The van der Waals surface area contributed by atoms with Crippen LogP contribution in [0.3, 0.4) is 0 Å². The van der Waals surface area contributed by atoms with Crippen LogP contribution in [0.1, 0.15) is 49.7 Å². The quantitative estimate of drug-likeness (QED) is 0.805. The van der Waals surface area contributed by atoms with E-state index in [9.17, 15) is 9.59 Å². The van der Waals surface area contributed by atoms with Gasteiger partial charge in [0.25, 0.3) is 0 Å².